The average Bonchev–Trinajstić information content (AvgIpc) is 3.19. The van der Waals surface area contributed by atoms with Crippen molar-refractivity contribution in [2.75, 3.05) is 53.0 Å². The third kappa shape index (κ3) is 4.22. The smallest absolute Gasteiger partial charge is 0.258 e. The normalized spacial score (nSPS) is 22.0. The summed E-state index contributed by atoms with van der Waals surface area (Å²) in [6, 6.07) is 6.69. The van der Waals surface area contributed by atoms with Gasteiger partial charge in [-0.25, -0.2) is 8.42 Å². The maximum Gasteiger partial charge on any atom is 0.258 e. The quantitative estimate of drug-likeness (QED) is 0.760. The van der Waals surface area contributed by atoms with Crippen LogP contribution < -0.4 is 5.32 Å². The number of morpholine rings is 1. The molecule has 1 N–H and O–H groups in total. The second-order valence-electron chi connectivity index (χ2n) is 6.70. The van der Waals surface area contributed by atoms with Gasteiger partial charge in [-0.05, 0) is 25.2 Å². The number of rotatable bonds is 4. The van der Waals surface area contributed by atoms with Gasteiger partial charge in [0, 0.05) is 38.3 Å². The van der Waals surface area contributed by atoms with Crippen LogP contribution in [0.15, 0.2) is 33.7 Å². The molecule has 0 bridgehead atoms. The first-order valence-electron chi connectivity index (χ1n) is 8.98. The number of likely N-dealkylation sites (N-methyl/N-ethyl adjacent to an activating group) is 1. The number of piperazine rings is 1. The molecule has 2 aliphatic rings. The van der Waals surface area contributed by atoms with Gasteiger partial charge in [-0.1, -0.05) is 11.2 Å². The van der Waals surface area contributed by atoms with E-state index in [1.807, 2.05) is 7.05 Å². The lowest BCUT2D eigenvalue weighted by molar-refractivity contribution is 0.0730. The van der Waals surface area contributed by atoms with Crippen molar-refractivity contribution in [2.24, 2.45) is 0 Å². The summed E-state index contributed by atoms with van der Waals surface area (Å²) < 4.78 is 37.8. The number of nitrogens with one attached hydrogen (secondary N) is 1. The molecule has 3 heterocycles. The van der Waals surface area contributed by atoms with Crippen molar-refractivity contribution in [3.8, 4) is 11.5 Å². The van der Waals surface area contributed by atoms with Gasteiger partial charge in [-0.15, -0.1) is 12.4 Å². The second kappa shape index (κ2) is 8.85. The van der Waals surface area contributed by atoms with E-state index < -0.39 is 10.0 Å². The molecule has 0 amide bonds. The molecule has 4 rings (SSSR count). The lowest BCUT2D eigenvalue weighted by Gasteiger charge is -2.30. The van der Waals surface area contributed by atoms with Crippen molar-refractivity contribution in [3.05, 3.63) is 30.1 Å². The fraction of sp³-hybridized carbons (Fsp3) is 0.529. The summed E-state index contributed by atoms with van der Waals surface area (Å²) in [5.74, 6) is 0.921. The van der Waals surface area contributed by atoms with Crippen molar-refractivity contribution >= 4 is 22.4 Å². The van der Waals surface area contributed by atoms with Crippen LogP contribution in [0.3, 0.4) is 0 Å². The monoisotopic (exact) mass is 429 g/mol. The Morgan fingerprint density at radius 2 is 2.00 bits per heavy atom. The summed E-state index contributed by atoms with van der Waals surface area (Å²) in [5, 5.41) is 7.42. The molecule has 2 fully saturated rings. The Morgan fingerprint density at radius 1 is 1.21 bits per heavy atom. The van der Waals surface area contributed by atoms with E-state index >= 15 is 0 Å². The lowest BCUT2D eigenvalue weighted by atomic mass is 10.2. The summed E-state index contributed by atoms with van der Waals surface area (Å²) in [7, 11) is -1.54. The molecule has 1 unspecified atom stereocenters. The highest BCUT2D eigenvalue weighted by molar-refractivity contribution is 7.89. The summed E-state index contributed by atoms with van der Waals surface area (Å²) in [6.45, 7) is 4.13. The number of benzene rings is 1. The third-order valence-electron chi connectivity index (χ3n) is 4.94. The van der Waals surface area contributed by atoms with Crippen LogP contribution in [0, 0.1) is 0 Å². The SMILES string of the molecule is CN1CCNCC1c1noc(-c2cccc(S(=O)(=O)N3CCOCC3)c2)n1.Cl. The minimum atomic E-state index is -3.57. The van der Waals surface area contributed by atoms with E-state index in [1.54, 1.807) is 24.3 Å². The second-order valence-corrected chi connectivity index (χ2v) is 8.64. The fourth-order valence-electron chi connectivity index (χ4n) is 3.31. The van der Waals surface area contributed by atoms with Crippen molar-refractivity contribution in [3.63, 3.8) is 0 Å². The number of ether oxygens (including phenoxy) is 1. The van der Waals surface area contributed by atoms with Gasteiger partial charge in [-0.3, -0.25) is 4.90 Å². The van der Waals surface area contributed by atoms with Crippen LogP contribution in [-0.4, -0.2) is 80.7 Å². The zero-order valence-electron chi connectivity index (χ0n) is 15.6. The van der Waals surface area contributed by atoms with Crippen LogP contribution in [0.4, 0.5) is 0 Å². The van der Waals surface area contributed by atoms with Crippen LogP contribution in [-0.2, 0) is 14.8 Å². The minimum absolute atomic E-state index is 0. The van der Waals surface area contributed by atoms with Gasteiger partial charge in [0.15, 0.2) is 5.82 Å². The molecule has 1 aromatic carbocycles. The zero-order valence-corrected chi connectivity index (χ0v) is 17.2. The molecule has 1 atom stereocenters. The fourth-order valence-corrected chi connectivity index (χ4v) is 4.76. The first-order chi connectivity index (χ1) is 13.1. The maximum atomic E-state index is 12.9. The number of hydrogen-bond donors (Lipinski definition) is 1. The zero-order chi connectivity index (χ0) is 18.9. The molecule has 0 radical (unpaired) electrons. The van der Waals surface area contributed by atoms with Gasteiger partial charge in [-0.2, -0.15) is 9.29 Å². The molecule has 2 aliphatic heterocycles. The van der Waals surface area contributed by atoms with Gasteiger partial charge in [0.2, 0.25) is 10.0 Å². The first kappa shape index (κ1) is 21.2. The predicted octanol–water partition coefficient (Wildman–Crippen LogP) is 0.755. The van der Waals surface area contributed by atoms with Crippen LogP contribution >= 0.6 is 12.4 Å². The van der Waals surface area contributed by atoms with E-state index in [0.717, 1.165) is 19.6 Å². The Balaban J connectivity index is 0.00000225. The molecule has 11 heteroatoms. The number of halogens is 1. The van der Waals surface area contributed by atoms with Crippen LogP contribution in [0.2, 0.25) is 0 Å². The summed E-state index contributed by atoms with van der Waals surface area (Å²) >= 11 is 0. The van der Waals surface area contributed by atoms with E-state index in [1.165, 1.54) is 4.31 Å². The van der Waals surface area contributed by atoms with E-state index in [9.17, 15) is 8.42 Å². The maximum absolute atomic E-state index is 12.9. The number of aromatic nitrogens is 2. The number of hydrogen-bond acceptors (Lipinski definition) is 8. The van der Waals surface area contributed by atoms with Crippen LogP contribution in [0.5, 0.6) is 0 Å². The standard InChI is InChI=1S/C17H23N5O4S.ClH/c1-21-6-5-18-12-15(21)16-19-17(26-20-16)13-3-2-4-14(11-13)27(23,24)22-7-9-25-10-8-22;/h2-4,11,15,18H,5-10,12H2,1H3;1H. The highest BCUT2D eigenvalue weighted by Crippen LogP contribution is 2.26. The van der Waals surface area contributed by atoms with Gasteiger partial charge < -0.3 is 14.6 Å². The molecule has 9 nitrogen and oxygen atoms in total. The van der Waals surface area contributed by atoms with Crippen molar-refractivity contribution in [2.45, 2.75) is 10.9 Å². The topological polar surface area (TPSA) is 101 Å². The van der Waals surface area contributed by atoms with E-state index in [0.29, 0.717) is 43.6 Å². The molecule has 154 valence electrons. The average molecular weight is 430 g/mol. The molecule has 0 spiro atoms. The Labute approximate surface area is 170 Å². The van der Waals surface area contributed by atoms with Gasteiger partial charge in [0.1, 0.15) is 0 Å². The molecule has 0 saturated carbocycles. The van der Waals surface area contributed by atoms with Crippen LogP contribution in [0.1, 0.15) is 11.9 Å². The lowest BCUT2D eigenvalue weighted by Crippen LogP contribution is -2.44. The molecule has 0 aliphatic carbocycles. The molecule has 2 aromatic rings. The highest BCUT2D eigenvalue weighted by Gasteiger charge is 2.28. The highest BCUT2D eigenvalue weighted by atomic mass is 35.5. The number of nitrogens with zero attached hydrogens (tertiary/aromatic N) is 4. The van der Waals surface area contributed by atoms with Crippen molar-refractivity contribution in [1.82, 2.24) is 24.7 Å². The van der Waals surface area contributed by atoms with Gasteiger partial charge in [0.25, 0.3) is 5.89 Å². The summed E-state index contributed by atoms with van der Waals surface area (Å²) in [6.07, 6.45) is 0. The Kier molecular flexibility index (Phi) is 6.69. The Morgan fingerprint density at radius 3 is 2.75 bits per heavy atom. The minimum Gasteiger partial charge on any atom is -0.379 e. The summed E-state index contributed by atoms with van der Waals surface area (Å²) in [5.41, 5.74) is 0.592. The van der Waals surface area contributed by atoms with Crippen LogP contribution in [0.25, 0.3) is 11.5 Å². The Bertz CT molecular complexity index is 900. The van der Waals surface area contributed by atoms with Crippen molar-refractivity contribution in [1.29, 1.82) is 0 Å². The van der Waals surface area contributed by atoms with Crippen molar-refractivity contribution < 1.29 is 17.7 Å². The Hall–Kier alpha value is -1.56. The predicted molar refractivity (Wildman–Crippen MR) is 105 cm³/mol. The molecular weight excluding hydrogens is 406 g/mol. The largest absolute Gasteiger partial charge is 0.379 e. The first-order valence-corrected chi connectivity index (χ1v) is 10.4. The van der Waals surface area contributed by atoms with Gasteiger partial charge >= 0.3 is 0 Å². The van der Waals surface area contributed by atoms with E-state index in [2.05, 4.69) is 20.4 Å². The molecule has 1 aromatic heterocycles. The third-order valence-corrected chi connectivity index (χ3v) is 6.83. The number of sulfonamides is 1. The molecule has 2 saturated heterocycles. The summed E-state index contributed by atoms with van der Waals surface area (Å²) in [4.78, 5) is 6.89. The molecule has 28 heavy (non-hydrogen) atoms. The molecular formula is C17H24ClN5O4S. The van der Waals surface area contributed by atoms with Gasteiger partial charge in [0.05, 0.1) is 24.2 Å². The van der Waals surface area contributed by atoms with E-state index in [-0.39, 0.29) is 23.3 Å². The van der Waals surface area contributed by atoms with E-state index in [4.69, 9.17) is 9.26 Å².